The minimum absolute atomic E-state index is 0.701. The van der Waals surface area contributed by atoms with Gasteiger partial charge in [0.15, 0.2) is 0 Å². The Labute approximate surface area is 56.1 Å². The van der Waals surface area contributed by atoms with Gasteiger partial charge < -0.3 is 5.32 Å². The first-order chi connectivity index (χ1) is 4.40. The van der Waals surface area contributed by atoms with Crippen molar-refractivity contribution >= 4 is 0 Å². The van der Waals surface area contributed by atoms with Crippen LogP contribution in [-0.2, 0) is 0 Å². The van der Waals surface area contributed by atoms with Gasteiger partial charge in [-0.1, -0.05) is 11.6 Å². The van der Waals surface area contributed by atoms with Crippen LogP contribution in [0.4, 0.5) is 0 Å². The number of likely N-dealkylation sites (N-methyl/N-ethyl adjacent to an activating group) is 1. The SMILES string of the molecule is CNC1C=C2CCC2C1. The summed E-state index contributed by atoms with van der Waals surface area (Å²) in [7, 11) is 2.05. The highest BCUT2D eigenvalue weighted by molar-refractivity contribution is 5.24. The molecule has 0 spiro atoms. The largest absolute Gasteiger partial charge is 0.314 e. The first-order valence-corrected chi connectivity index (χ1v) is 3.78. The lowest BCUT2D eigenvalue weighted by Gasteiger charge is -2.24. The molecule has 2 aliphatic rings. The Morgan fingerprint density at radius 1 is 1.67 bits per heavy atom. The van der Waals surface area contributed by atoms with E-state index in [0.717, 1.165) is 5.92 Å². The number of allylic oxidation sites excluding steroid dienone is 1. The Morgan fingerprint density at radius 3 is 2.89 bits per heavy atom. The van der Waals surface area contributed by atoms with Gasteiger partial charge in [0.25, 0.3) is 0 Å². The molecule has 0 aliphatic heterocycles. The van der Waals surface area contributed by atoms with Gasteiger partial charge in [-0.05, 0) is 32.2 Å². The number of hydrogen-bond acceptors (Lipinski definition) is 1. The van der Waals surface area contributed by atoms with Crippen molar-refractivity contribution in [1.82, 2.24) is 5.32 Å². The normalized spacial score (nSPS) is 39.4. The zero-order valence-electron chi connectivity index (χ0n) is 5.85. The topological polar surface area (TPSA) is 12.0 Å². The van der Waals surface area contributed by atoms with Crippen LogP contribution in [0, 0.1) is 5.92 Å². The van der Waals surface area contributed by atoms with Crippen LogP contribution < -0.4 is 5.32 Å². The molecule has 0 aromatic heterocycles. The lowest BCUT2D eigenvalue weighted by molar-refractivity contribution is 0.424. The Kier molecular flexibility index (Phi) is 1.12. The van der Waals surface area contributed by atoms with E-state index in [4.69, 9.17) is 0 Å². The second-order valence-corrected chi connectivity index (χ2v) is 3.11. The zero-order chi connectivity index (χ0) is 6.27. The smallest absolute Gasteiger partial charge is 0.0255 e. The van der Waals surface area contributed by atoms with Crippen LogP contribution >= 0.6 is 0 Å². The molecule has 1 saturated carbocycles. The van der Waals surface area contributed by atoms with Crippen molar-refractivity contribution in [3.63, 3.8) is 0 Å². The molecule has 2 unspecified atom stereocenters. The van der Waals surface area contributed by atoms with Gasteiger partial charge in [-0.3, -0.25) is 0 Å². The van der Waals surface area contributed by atoms with E-state index < -0.39 is 0 Å². The summed E-state index contributed by atoms with van der Waals surface area (Å²) in [5, 5.41) is 3.29. The summed E-state index contributed by atoms with van der Waals surface area (Å²) in [6.45, 7) is 0. The third kappa shape index (κ3) is 0.715. The van der Waals surface area contributed by atoms with Crippen molar-refractivity contribution in [2.75, 3.05) is 7.05 Å². The van der Waals surface area contributed by atoms with Crippen molar-refractivity contribution in [1.29, 1.82) is 0 Å². The average molecular weight is 123 g/mol. The fourth-order valence-corrected chi connectivity index (χ4v) is 1.84. The molecule has 0 aromatic carbocycles. The quantitative estimate of drug-likeness (QED) is 0.518. The summed E-state index contributed by atoms with van der Waals surface area (Å²) < 4.78 is 0. The fourth-order valence-electron chi connectivity index (χ4n) is 1.84. The summed E-state index contributed by atoms with van der Waals surface area (Å²) in [4.78, 5) is 0. The zero-order valence-corrected chi connectivity index (χ0v) is 5.85. The molecule has 0 radical (unpaired) electrons. The molecule has 2 rings (SSSR count). The molecule has 1 fully saturated rings. The average Bonchev–Trinajstić information content (AvgIpc) is 2.10. The molecule has 2 atom stereocenters. The van der Waals surface area contributed by atoms with E-state index in [0.29, 0.717) is 6.04 Å². The minimum atomic E-state index is 0.701. The predicted molar refractivity (Wildman–Crippen MR) is 38.3 cm³/mol. The maximum Gasteiger partial charge on any atom is 0.0255 e. The molecule has 1 N–H and O–H groups in total. The van der Waals surface area contributed by atoms with Gasteiger partial charge in [-0.2, -0.15) is 0 Å². The lowest BCUT2D eigenvalue weighted by Crippen LogP contribution is -2.21. The van der Waals surface area contributed by atoms with Crippen LogP contribution in [0.2, 0.25) is 0 Å². The van der Waals surface area contributed by atoms with Crippen LogP contribution in [0.15, 0.2) is 11.6 Å². The monoisotopic (exact) mass is 123 g/mol. The van der Waals surface area contributed by atoms with Gasteiger partial charge >= 0.3 is 0 Å². The highest BCUT2D eigenvalue weighted by Gasteiger charge is 2.31. The predicted octanol–water partition coefficient (Wildman–Crippen LogP) is 1.31. The Balaban J connectivity index is 2.05. The molecule has 0 saturated heterocycles. The van der Waals surface area contributed by atoms with E-state index in [1.807, 2.05) is 7.05 Å². The molecule has 0 amide bonds. The third-order valence-corrected chi connectivity index (χ3v) is 2.63. The Hall–Kier alpha value is -0.300. The Bertz CT molecular complexity index is 149. The van der Waals surface area contributed by atoms with Gasteiger partial charge in [0.05, 0.1) is 0 Å². The van der Waals surface area contributed by atoms with E-state index in [1.165, 1.54) is 19.3 Å². The van der Waals surface area contributed by atoms with E-state index in [2.05, 4.69) is 11.4 Å². The standard InChI is InChI=1S/C8H13N/c1-9-8-4-6-2-3-7(6)5-8/h4,7-9H,2-3,5H2,1H3. The van der Waals surface area contributed by atoms with Gasteiger partial charge in [0.1, 0.15) is 0 Å². The molecule has 0 bridgehead atoms. The van der Waals surface area contributed by atoms with E-state index in [1.54, 1.807) is 5.57 Å². The highest BCUT2D eigenvalue weighted by atomic mass is 14.9. The van der Waals surface area contributed by atoms with Crippen molar-refractivity contribution in [2.24, 2.45) is 5.92 Å². The van der Waals surface area contributed by atoms with Crippen molar-refractivity contribution in [3.05, 3.63) is 11.6 Å². The summed E-state index contributed by atoms with van der Waals surface area (Å²) in [6, 6.07) is 0.701. The molecular formula is C8H13N. The van der Waals surface area contributed by atoms with E-state index >= 15 is 0 Å². The van der Waals surface area contributed by atoms with Crippen molar-refractivity contribution in [2.45, 2.75) is 25.3 Å². The third-order valence-electron chi connectivity index (χ3n) is 2.63. The van der Waals surface area contributed by atoms with Crippen LogP contribution in [-0.4, -0.2) is 13.1 Å². The van der Waals surface area contributed by atoms with Gasteiger partial charge in [0.2, 0.25) is 0 Å². The second-order valence-electron chi connectivity index (χ2n) is 3.11. The minimum Gasteiger partial charge on any atom is -0.314 e. The lowest BCUT2D eigenvalue weighted by atomic mass is 9.81. The molecule has 0 heterocycles. The second kappa shape index (κ2) is 1.84. The van der Waals surface area contributed by atoms with Gasteiger partial charge in [-0.15, -0.1) is 0 Å². The van der Waals surface area contributed by atoms with Crippen LogP contribution in [0.1, 0.15) is 19.3 Å². The van der Waals surface area contributed by atoms with Gasteiger partial charge in [0, 0.05) is 6.04 Å². The molecular weight excluding hydrogens is 110 g/mol. The summed E-state index contributed by atoms with van der Waals surface area (Å²) in [5.41, 5.74) is 1.72. The number of hydrogen-bond donors (Lipinski definition) is 1. The summed E-state index contributed by atoms with van der Waals surface area (Å²) in [6.07, 6.45) is 6.60. The van der Waals surface area contributed by atoms with E-state index in [9.17, 15) is 0 Å². The van der Waals surface area contributed by atoms with Crippen molar-refractivity contribution < 1.29 is 0 Å². The molecule has 2 aliphatic carbocycles. The van der Waals surface area contributed by atoms with Gasteiger partial charge in [-0.25, -0.2) is 0 Å². The number of nitrogens with one attached hydrogen (secondary N) is 1. The maximum atomic E-state index is 3.29. The summed E-state index contributed by atoms with van der Waals surface area (Å²) in [5.74, 6) is 0.974. The fraction of sp³-hybridized carbons (Fsp3) is 0.750. The number of rotatable bonds is 1. The highest BCUT2D eigenvalue weighted by Crippen LogP contribution is 2.41. The molecule has 9 heavy (non-hydrogen) atoms. The van der Waals surface area contributed by atoms with Crippen molar-refractivity contribution in [3.8, 4) is 0 Å². The van der Waals surface area contributed by atoms with Crippen LogP contribution in [0.5, 0.6) is 0 Å². The van der Waals surface area contributed by atoms with Crippen LogP contribution in [0.25, 0.3) is 0 Å². The molecule has 1 nitrogen and oxygen atoms in total. The summed E-state index contributed by atoms with van der Waals surface area (Å²) >= 11 is 0. The first kappa shape index (κ1) is 5.48. The molecule has 0 aromatic rings. The van der Waals surface area contributed by atoms with Crippen LogP contribution in [0.3, 0.4) is 0 Å². The maximum absolute atomic E-state index is 3.29. The Morgan fingerprint density at radius 2 is 2.56 bits per heavy atom. The number of fused-ring (bicyclic) bond motifs is 1. The molecule has 1 heteroatoms. The molecule has 50 valence electrons. The first-order valence-electron chi connectivity index (χ1n) is 3.78. The van der Waals surface area contributed by atoms with E-state index in [-0.39, 0.29) is 0 Å².